The maximum absolute atomic E-state index is 12.8. The predicted octanol–water partition coefficient (Wildman–Crippen LogP) is 3.38. The lowest BCUT2D eigenvalue weighted by Gasteiger charge is -2.31. The monoisotopic (exact) mass is 419 g/mol. The maximum atomic E-state index is 12.8. The van der Waals surface area contributed by atoms with Crippen molar-refractivity contribution in [2.45, 2.75) is 50.7 Å². The number of amides is 2. The van der Waals surface area contributed by atoms with E-state index in [4.69, 9.17) is 4.74 Å². The molecule has 1 aromatic heterocycles. The highest BCUT2D eigenvalue weighted by atomic mass is 16.5. The van der Waals surface area contributed by atoms with E-state index in [0.717, 1.165) is 43.0 Å². The van der Waals surface area contributed by atoms with Crippen molar-refractivity contribution in [2.24, 2.45) is 5.92 Å². The van der Waals surface area contributed by atoms with E-state index in [1.54, 1.807) is 6.20 Å². The van der Waals surface area contributed by atoms with E-state index in [2.05, 4.69) is 9.88 Å². The molecule has 1 saturated carbocycles. The highest BCUT2D eigenvalue weighted by Crippen LogP contribution is 2.32. The summed E-state index contributed by atoms with van der Waals surface area (Å²) < 4.78 is 6.08. The molecule has 3 aliphatic rings. The van der Waals surface area contributed by atoms with Gasteiger partial charge in [-0.15, -0.1) is 0 Å². The summed E-state index contributed by atoms with van der Waals surface area (Å²) >= 11 is 0. The number of pyridine rings is 1. The standard InChI is InChI=1S/C25H29N3O3/c29-24-14-22(20-4-2-1-3-5-20)25(30)28(24)17-19-8-9-23(26-15-19)31-21-10-12-27(13-11-21)16-18-6-7-18/h1-5,8-9,15,18,21-22H,6-7,10-14,16-17H2/t22-/m1/s1. The second-order valence-corrected chi connectivity index (χ2v) is 9.05. The van der Waals surface area contributed by atoms with Crippen LogP contribution >= 0.6 is 0 Å². The normalized spacial score (nSPS) is 22.8. The highest BCUT2D eigenvalue weighted by molar-refractivity contribution is 6.06. The highest BCUT2D eigenvalue weighted by Gasteiger charge is 2.39. The summed E-state index contributed by atoms with van der Waals surface area (Å²) in [4.78, 5) is 33.6. The van der Waals surface area contributed by atoms with Crippen LogP contribution in [0.1, 0.15) is 49.1 Å². The smallest absolute Gasteiger partial charge is 0.237 e. The van der Waals surface area contributed by atoms with Gasteiger partial charge in [-0.05, 0) is 42.7 Å². The third-order valence-corrected chi connectivity index (χ3v) is 6.62. The molecule has 3 fully saturated rings. The van der Waals surface area contributed by atoms with Crippen molar-refractivity contribution < 1.29 is 14.3 Å². The molecule has 1 aromatic carbocycles. The van der Waals surface area contributed by atoms with Crippen molar-refractivity contribution in [2.75, 3.05) is 19.6 Å². The van der Waals surface area contributed by atoms with E-state index in [9.17, 15) is 9.59 Å². The number of rotatable bonds is 7. The van der Waals surface area contributed by atoms with Gasteiger partial charge in [-0.1, -0.05) is 36.4 Å². The number of hydrogen-bond acceptors (Lipinski definition) is 5. The number of piperidine rings is 1. The Kier molecular flexibility index (Phi) is 5.72. The molecule has 31 heavy (non-hydrogen) atoms. The molecule has 0 bridgehead atoms. The van der Waals surface area contributed by atoms with E-state index >= 15 is 0 Å². The lowest BCUT2D eigenvalue weighted by molar-refractivity contribution is -0.139. The molecule has 6 heteroatoms. The Morgan fingerprint density at radius 3 is 2.42 bits per heavy atom. The lowest BCUT2D eigenvalue weighted by Crippen LogP contribution is -2.39. The molecule has 2 aliphatic heterocycles. The van der Waals surface area contributed by atoms with Gasteiger partial charge in [0.05, 0.1) is 12.5 Å². The van der Waals surface area contributed by atoms with E-state index in [-0.39, 0.29) is 36.8 Å². The Morgan fingerprint density at radius 2 is 1.74 bits per heavy atom. The van der Waals surface area contributed by atoms with Crippen molar-refractivity contribution in [3.63, 3.8) is 0 Å². The Balaban J connectivity index is 1.14. The third-order valence-electron chi connectivity index (χ3n) is 6.62. The van der Waals surface area contributed by atoms with Crippen LogP contribution in [-0.4, -0.2) is 52.3 Å². The van der Waals surface area contributed by atoms with Crippen LogP contribution in [0.2, 0.25) is 0 Å². The molecule has 0 spiro atoms. The number of carbonyl (C=O) groups excluding carboxylic acids is 2. The van der Waals surface area contributed by atoms with Crippen LogP contribution in [0.4, 0.5) is 0 Å². The maximum Gasteiger partial charge on any atom is 0.237 e. The van der Waals surface area contributed by atoms with E-state index in [0.29, 0.717) is 5.88 Å². The average molecular weight is 420 g/mol. The third kappa shape index (κ3) is 4.79. The van der Waals surface area contributed by atoms with Crippen molar-refractivity contribution in [3.05, 3.63) is 59.8 Å². The fraction of sp³-hybridized carbons (Fsp3) is 0.480. The van der Waals surface area contributed by atoms with Crippen LogP contribution in [0.5, 0.6) is 5.88 Å². The Labute approximate surface area is 183 Å². The zero-order valence-corrected chi connectivity index (χ0v) is 17.8. The molecular formula is C25H29N3O3. The number of ether oxygens (including phenoxy) is 1. The summed E-state index contributed by atoms with van der Waals surface area (Å²) in [7, 11) is 0. The zero-order chi connectivity index (χ0) is 21.2. The second kappa shape index (κ2) is 8.79. The first-order valence-electron chi connectivity index (χ1n) is 11.4. The van der Waals surface area contributed by atoms with Gasteiger partial charge in [0.2, 0.25) is 17.7 Å². The first kappa shape index (κ1) is 20.2. The van der Waals surface area contributed by atoms with Gasteiger partial charge in [0.25, 0.3) is 0 Å². The molecule has 2 saturated heterocycles. The molecule has 1 atom stereocenters. The minimum Gasteiger partial charge on any atom is -0.474 e. The largest absolute Gasteiger partial charge is 0.474 e. The predicted molar refractivity (Wildman–Crippen MR) is 116 cm³/mol. The Bertz CT molecular complexity index is 919. The molecule has 2 amide bonds. The van der Waals surface area contributed by atoms with Crippen LogP contribution in [-0.2, 0) is 16.1 Å². The summed E-state index contributed by atoms with van der Waals surface area (Å²) in [5, 5.41) is 0. The molecule has 2 aromatic rings. The number of benzene rings is 1. The molecule has 0 radical (unpaired) electrons. The number of imide groups is 1. The van der Waals surface area contributed by atoms with Crippen LogP contribution in [0, 0.1) is 5.92 Å². The molecule has 6 nitrogen and oxygen atoms in total. The summed E-state index contributed by atoms with van der Waals surface area (Å²) in [6.07, 6.45) is 7.02. The van der Waals surface area contributed by atoms with Gasteiger partial charge < -0.3 is 9.64 Å². The van der Waals surface area contributed by atoms with Gasteiger partial charge in [0.1, 0.15) is 6.10 Å². The van der Waals surface area contributed by atoms with Crippen LogP contribution < -0.4 is 4.74 Å². The number of nitrogens with zero attached hydrogens (tertiary/aromatic N) is 3. The quantitative estimate of drug-likeness (QED) is 0.644. The number of carbonyl (C=O) groups is 2. The average Bonchev–Trinajstić information content (AvgIpc) is 3.57. The van der Waals surface area contributed by atoms with Gasteiger partial charge in [-0.2, -0.15) is 0 Å². The van der Waals surface area contributed by atoms with Crippen molar-refractivity contribution in [1.82, 2.24) is 14.8 Å². The van der Waals surface area contributed by atoms with E-state index < -0.39 is 0 Å². The molecule has 1 aliphatic carbocycles. The van der Waals surface area contributed by atoms with Crippen LogP contribution in [0.15, 0.2) is 48.7 Å². The number of hydrogen-bond donors (Lipinski definition) is 0. The van der Waals surface area contributed by atoms with E-state index in [1.165, 1.54) is 24.3 Å². The molecule has 0 unspecified atom stereocenters. The minimum absolute atomic E-state index is 0.128. The molecule has 5 rings (SSSR count). The number of aromatic nitrogens is 1. The van der Waals surface area contributed by atoms with Crippen molar-refractivity contribution in [3.8, 4) is 5.88 Å². The van der Waals surface area contributed by atoms with Crippen LogP contribution in [0.25, 0.3) is 0 Å². The first-order valence-corrected chi connectivity index (χ1v) is 11.4. The summed E-state index contributed by atoms with van der Waals surface area (Å²) in [5.41, 5.74) is 1.73. The fourth-order valence-electron chi connectivity index (χ4n) is 4.60. The Hall–Kier alpha value is -2.73. The van der Waals surface area contributed by atoms with Gasteiger partial charge in [-0.3, -0.25) is 14.5 Å². The SMILES string of the molecule is O=C1C[C@H](c2ccccc2)C(=O)N1Cc1ccc(OC2CCN(CC3CC3)CC2)nc1. The number of likely N-dealkylation sites (tertiary alicyclic amines) is 2. The first-order chi connectivity index (χ1) is 15.2. The second-order valence-electron chi connectivity index (χ2n) is 9.05. The van der Waals surface area contributed by atoms with Gasteiger partial charge in [-0.25, -0.2) is 4.98 Å². The van der Waals surface area contributed by atoms with Crippen LogP contribution in [0.3, 0.4) is 0 Å². The van der Waals surface area contributed by atoms with Crippen molar-refractivity contribution in [1.29, 1.82) is 0 Å². The molecular weight excluding hydrogens is 390 g/mol. The summed E-state index contributed by atoms with van der Waals surface area (Å²) in [6.45, 7) is 3.70. The fourth-order valence-corrected chi connectivity index (χ4v) is 4.60. The summed E-state index contributed by atoms with van der Waals surface area (Å²) in [6, 6.07) is 13.3. The minimum atomic E-state index is -0.380. The topological polar surface area (TPSA) is 62.7 Å². The van der Waals surface area contributed by atoms with Gasteiger partial charge in [0, 0.05) is 38.3 Å². The molecule has 162 valence electrons. The van der Waals surface area contributed by atoms with Gasteiger partial charge >= 0.3 is 0 Å². The Morgan fingerprint density at radius 1 is 0.968 bits per heavy atom. The zero-order valence-electron chi connectivity index (χ0n) is 17.8. The molecule has 0 N–H and O–H groups in total. The molecule has 3 heterocycles. The summed E-state index contributed by atoms with van der Waals surface area (Å²) in [5.74, 6) is 0.913. The lowest BCUT2D eigenvalue weighted by atomic mass is 9.98. The van der Waals surface area contributed by atoms with Gasteiger partial charge in [0.15, 0.2) is 0 Å². The van der Waals surface area contributed by atoms with E-state index in [1.807, 2.05) is 42.5 Å². The van der Waals surface area contributed by atoms with Crippen molar-refractivity contribution >= 4 is 11.8 Å².